The second kappa shape index (κ2) is 4.13. The fourth-order valence-corrected chi connectivity index (χ4v) is 1.27. The van der Waals surface area contributed by atoms with Crippen molar-refractivity contribution in [3.63, 3.8) is 0 Å². The van der Waals surface area contributed by atoms with Crippen molar-refractivity contribution < 1.29 is 9.59 Å². The minimum Gasteiger partial charge on any atom is -0.335 e. The summed E-state index contributed by atoms with van der Waals surface area (Å²) in [5.74, 6) is 0. The van der Waals surface area contributed by atoms with Crippen LogP contribution in [0, 0.1) is 0 Å². The molecule has 1 aromatic rings. The molecule has 0 aliphatic heterocycles. The van der Waals surface area contributed by atoms with E-state index in [1.807, 2.05) is 0 Å². The second-order valence-electron chi connectivity index (χ2n) is 3.62. The fraction of sp³-hybridized carbons (Fsp3) is 0.273. The zero-order chi connectivity index (χ0) is 10.7. The van der Waals surface area contributed by atoms with E-state index in [9.17, 15) is 9.59 Å². The van der Waals surface area contributed by atoms with Crippen LogP contribution < -0.4 is 10.6 Å². The van der Waals surface area contributed by atoms with E-state index in [0.717, 1.165) is 19.1 Å². The van der Waals surface area contributed by atoms with Crippen LogP contribution in [0.3, 0.4) is 0 Å². The third-order valence-electron chi connectivity index (χ3n) is 2.19. The van der Waals surface area contributed by atoms with E-state index in [1.165, 1.54) is 0 Å². The van der Waals surface area contributed by atoms with Gasteiger partial charge in [-0.3, -0.25) is 4.79 Å². The number of aldehydes is 1. The van der Waals surface area contributed by atoms with Crippen molar-refractivity contribution in [2.75, 3.05) is 5.32 Å². The summed E-state index contributed by atoms with van der Waals surface area (Å²) < 4.78 is 0. The molecular formula is C11H12N2O2. The molecule has 0 unspecified atom stereocenters. The van der Waals surface area contributed by atoms with Gasteiger partial charge in [0, 0.05) is 17.3 Å². The molecule has 0 heterocycles. The fourth-order valence-electron chi connectivity index (χ4n) is 1.27. The minimum atomic E-state index is -0.208. The Bertz CT molecular complexity index is 386. The first kappa shape index (κ1) is 9.71. The number of amides is 2. The van der Waals surface area contributed by atoms with Gasteiger partial charge in [0.2, 0.25) is 0 Å². The van der Waals surface area contributed by atoms with Crippen molar-refractivity contribution in [3.05, 3.63) is 29.8 Å². The first-order valence-electron chi connectivity index (χ1n) is 4.91. The van der Waals surface area contributed by atoms with Crippen LogP contribution in [0.15, 0.2) is 24.3 Å². The van der Waals surface area contributed by atoms with E-state index in [-0.39, 0.29) is 6.03 Å². The summed E-state index contributed by atoms with van der Waals surface area (Å²) in [6, 6.07) is 6.94. The van der Waals surface area contributed by atoms with E-state index < -0.39 is 0 Å². The highest BCUT2D eigenvalue weighted by Gasteiger charge is 2.23. The number of anilines is 1. The SMILES string of the molecule is O=Cc1cccc(NC(=O)NC2CC2)c1. The molecule has 0 aromatic heterocycles. The van der Waals surface area contributed by atoms with Gasteiger partial charge in [-0.05, 0) is 25.0 Å². The van der Waals surface area contributed by atoms with Gasteiger partial charge in [-0.15, -0.1) is 0 Å². The lowest BCUT2D eigenvalue weighted by Gasteiger charge is -2.06. The maximum absolute atomic E-state index is 11.4. The number of carbonyl (C=O) groups is 2. The highest BCUT2D eigenvalue weighted by molar-refractivity contribution is 5.90. The molecule has 2 amide bonds. The largest absolute Gasteiger partial charge is 0.335 e. The molecule has 0 saturated heterocycles. The summed E-state index contributed by atoms with van der Waals surface area (Å²) in [6.07, 6.45) is 2.87. The Hall–Kier alpha value is -1.84. The van der Waals surface area contributed by atoms with Crippen LogP contribution in [0.1, 0.15) is 23.2 Å². The molecule has 0 radical (unpaired) electrons. The summed E-state index contributed by atoms with van der Waals surface area (Å²) in [5, 5.41) is 5.48. The average molecular weight is 204 g/mol. The molecule has 1 fully saturated rings. The van der Waals surface area contributed by atoms with Crippen molar-refractivity contribution >= 4 is 18.0 Å². The van der Waals surface area contributed by atoms with Gasteiger partial charge in [0.25, 0.3) is 0 Å². The van der Waals surface area contributed by atoms with Gasteiger partial charge in [0.1, 0.15) is 6.29 Å². The monoisotopic (exact) mass is 204 g/mol. The van der Waals surface area contributed by atoms with E-state index in [2.05, 4.69) is 10.6 Å². The van der Waals surface area contributed by atoms with Crippen molar-refractivity contribution in [2.45, 2.75) is 18.9 Å². The Morgan fingerprint density at radius 3 is 2.87 bits per heavy atom. The minimum absolute atomic E-state index is 0.208. The molecule has 4 nitrogen and oxygen atoms in total. The predicted molar refractivity (Wildman–Crippen MR) is 57.0 cm³/mol. The summed E-state index contributed by atoms with van der Waals surface area (Å²) in [5.41, 5.74) is 1.19. The number of rotatable bonds is 3. The van der Waals surface area contributed by atoms with E-state index in [1.54, 1.807) is 24.3 Å². The number of hydrogen-bond donors (Lipinski definition) is 2. The van der Waals surface area contributed by atoms with Crippen LogP contribution in [-0.2, 0) is 0 Å². The second-order valence-corrected chi connectivity index (χ2v) is 3.62. The molecule has 0 bridgehead atoms. The van der Waals surface area contributed by atoms with Crippen LogP contribution >= 0.6 is 0 Å². The predicted octanol–water partition coefficient (Wildman–Crippen LogP) is 1.78. The van der Waals surface area contributed by atoms with E-state index in [4.69, 9.17) is 0 Å². The average Bonchev–Trinajstić information content (AvgIpc) is 3.02. The summed E-state index contributed by atoms with van der Waals surface area (Å²) in [6.45, 7) is 0. The Labute approximate surface area is 87.7 Å². The summed E-state index contributed by atoms with van der Waals surface area (Å²) in [7, 11) is 0. The van der Waals surface area contributed by atoms with E-state index >= 15 is 0 Å². The molecule has 15 heavy (non-hydrogen) atoms. The van der Waals surface area contributed by atoms with Crippen LogP contribution in [0.4, 0.5) is 10.5 Å². The summed E-state index contributed by atoms with van der Waals surface area (Å²) >= 11 is 0. The molecule has 4 heteroatoms. The van der Waals surface area contributed by atoms with Crippen LogP contribution in [0.2, 0.25) is 0 Å². The third-order valence-corrected chi connectivity index (χ3v) is 2.19. The van der Waals surface area contributed by atoms with Gasteiger partial charge < -0.3 is 10.6 Å². The van der Waals surface area contributed by atoms with Crippen molar-refractivity contribution in [2.24, 2.45) is 0 Å². The standard InChI is InChI=1S/C11H12N2O2/c14-7-8-2-1-3-10(6-8)13-11(15)12-9-4-5-9/h1-3,6-7,9H,4-5H2,(H2,12,13,15). The Balaban J connectivity index is 1.96. The summed E-state index contributed by atoms with van der Waals surface area (Å²) in [4.78, 5) is 21.9. The number of benzene rings is 1. The Morgan fingerprint density at radius 1 is 1.40 bits per heavy atom. The topological polar surface area (TPSA) is 58.2 Å². The van der Waals surface area contributed by atoms with Crippen LogP contribution in [0.25, 0.3) is 0 Å². The quantitative estimate of drug-likeness (QED) is 0.737. The third kappa shape index (κ3) is 2.80. The van der Waals surface area contributed by atoms with Crippen molar-refractivity contribution in [1.29, 1.82) is 0 Å². The highest BCUT2D eigenvalue weighted by Crippen LogP contribution is 2.18. The van der Waals surface area contributed by atoms with Gasteiger partial charge in [-0.2, -0.15) is 0 Å². The van der Waals surface area contributed by atoms with Gasteiger partial charge >= 0.3 is 6.03 Å². The molecular weight excluding hydrogens is 192 g/mol. The first-order chi connectivity index (χ1) is 7.28. The highest BCUT2D eigenvalue weighted by atomic mass is 16.2. The lowest BCUT2D eigenvalue weighted by Crippen LogP contribution is -2.30. The molecule has 1 aliphatic carbocycles. The molecule has 0 spiro atoms. The van der Waals surface area contributed by atoms with Crippen LogP contribution in [-0.4, -0.2) is 18.4 Å². The number of urea groups is 1. The Kier molecular flexibility index (Phi) is 2.67. The van der Waals surface area contributed by atoms with Crippen LogP contribution in [0.5, 0.6) is 0 Å². The number of nitrogens with one attached hydrogen (secondary N) is 2. The molecule has 1 saturated carbocycles. The molecule has 78 valence electrons. The zero-order valence-corrected chi connectivity index (χ0v) is 8.19. The molecule has 1 aromatic carbocycles. The smallest absolute Gasteiger partial charge is 0.319 e. The maximum Gasteiger partial charge on any atom is 0.319 e. The lowest BCUT2D eigenvalue weighted by atomic mass is 10.2. The molecule has 0 atom stereocenters. The normalized spacial score (nSPS) is 14.4. The van der Waals surface area contributed by atoms with Crippen molar-refractivity contribution in [3.8, 4) is 0 Å². The first-order valence-corrected chi connectivity index (χ1v) is 4.91. The van der Waals surface area contributed by atoms with E-state index in [0.29, 0.717) is 17.3 Å². The zero-order valence-electron chi connectivity index (χ0n) is 8.19. The van der Waals surface area contributed by atoms with Gasteiger partial charge in [-0.1, -0.05) is 12.1 Å². The van der Waals surface area contributed by atoms with Crippen molar-refractivity contribution in [1.82, 2.24) is 5.32 Å². The van der Waals surface area contributed by atoms with Gasteiger partial charge in [0.15, 0.2) is 0 Å². The Morgan fingerprint density at radius 2 is 2.20 bits per heavy atom. The molecule has 1 aliphatic rings. The number of hydrogen-bond acceptors (Lipinski definition) is 2. The maximum atomic E-state index is 11.4. The number of carbonyl (C=O) groups excluding carboxylic acids is 2. The van der Waals surface area contributed by atoms with Gasteiger partial charge in [-0.25, -0.2) is 4.79 Å². The van der Waals surface area contributed by atoms with Gasteiger partial charge in [0.05, 0.1) is 0 Å². The lowest BCUT2D eigenvalue weighted by molar-refractivity contribution is 0.112. The molecule has 2 N–H and O–H groups in total. The molecule has 2 rings (SSSR count).